The number of aliphatic hydroxyl groups is 1. The summed E-state index contributed by atoms with van der Waals surface area (Å²) in [6.07, 6.45) is 1.68. The highest BCUT2D eigenvalue weighted by Crippen LogP contribution is 2.25. The van der Waals surface area contributed by atoms with Crippen LogP contribution >= 0.6 is 0 Å². The number of ether oxygens (including phenoxy) is 1. The lowest BCUT2D eigenvalue weighted by Gasteiger charge is -2.08. The molecule has 0 saturated heterocycles. The molecule has 2 N–H and O–H groups in total. The van der Waals surface area contributed by atoms with Gasteiger partial charge in [0.1, 0.15) is 18.1 Å². The lowest BCUT2D eigenvalue weighted by molar-refractivity contribution is 0.0916. The van der Waals surface area contributed by atoms with E-state index in [1.54, 1.807) is 33.2 Å². The van der Waals surface area contributed by atoms with Gasteiger partial charge >= 0.3 is 0 Å². The van der Waals surface area contributed by atoms with Gasteiger partial charge in [-0.2, -0.15) is 5.10 Å². The molecule has 3 rings (SSSR count). The Hall–Kier alpha value is -3.20. The number of aryl methyl sites for hydroxylation is 2. The van der Waals surface area contributed by atoms with Crippen LogP contribution in [0.1, 0.15) is 28.7 Å². The van der Waals surface area contributed by atoms with Crippen LogP contribution in [0.3, 0.4) is 0 Å². The highest BCUT2D eigenvalue weighted by molar-refractivity contribution is 5.92. The standard InChI is InChI=1S/C18H21N5O4/c1-11(9-24)20-18(25)15-8-16(23(3)21-15)26-10-13-12(2)27-22-17(13)14-6-4-5-7-19-14/h4-8,11,24H,9-10H2,1-3H3,(H,20,25)/t11-/m1/s1. The molecule has 0 aliphatic rings. The lowest BCUT2D eigenvalue weighted by atomic mass is 10.1. The van der Waals surface area contributed by atoms with Crippen LogP contribution in [0, 0.1) is 6.92 Å². The normalized spacial score (nSPS) is 12.0. The first-order valence-electron chi connectivity index (χ1n) is 8.44. The summed E-state index contributed by atoms with van der Waals surface area (Å²) in [5, 5.41) is 19.9. The minimum absolute atomic E-state index is 0.148. The Labute approximate surface area is 156 Å². The Morgan fingerprint density at radius 3 is 2.96 bits per heavy atom. The maximum Gasteiger partial charge on any atom is 0.272 e. The quantitative estimate of drug-likeness (QED) is 0.646. The van der Waals surface area contributed by atoms with Crippen molar-refractivity contribution in [1.29, 1.82) is 0 Å². The lowest BCUT2D eigenvalue weighted by Crippen LogP contribution is -2.35. The number of hydrogen-bond donors (Lipinski definition) is 2. The summed E-state index contributed by atoms with van der Waals surface area (Å²) in [5.74, 6) is 0.675. The molecule has 1 atom stereocenters. The van der Waals surface area contributed by atoms with E-state index in [4.69, 9.17) is 14.4 Å². The molecule has 0 spiro atoms. The molecule has 0 saturated carbocycles. The van der Waals surface area contributed by atoms with Crippen molar-refractivity contribution in [1.82, 2.24) is 25.2 Å². The predicted octanol–water partition coefficient (Wildman–Crippen LogP) is 1.47. The van der Waals surface area contributed by atoms with E-state index in [1.165, 1.54) is 4.68 Å². The number of amides is 1. The molecule has 0 bridgehead atoms. The van der Waals surface area contributed by atoms with Gasteiger partial charge in [0.2, 0.25) is 5.88 Å². The highest BCUT2D eigenvalue weighted by atomic mass is 16.5. The van der Waals surface area contributed by atoms with Crippen molar-refractivity contribution in [2.75, 3.05) is 6.61 Å². The second-order valence-corrected chi connectivity index (χ2v) is 6.12. The number of hydrogen-bond acceptors (Lipinski definition) is 7. The Balaban J connectivity index is 1.75. The molecule has 9 heteroatoms. The Bertz CT molecular complexity index is 919. The van der Waals surface area contributed by atoms with E-state index < -0.39 is 0 Å². The fourth-order valence-electron chi connectivity index (χ4n) is 2.45. The average molecular weight is 371 g/mol. The van der Waals surface area contributed by atoms with E-state index in [-0.39, 0.29) is 30.9 Å². The van der Waals surface area contributed by atoms with Crippen molar-refractivity contribution in [3.63, 3.8) is 0 Å². The Morgan fingerprint density at radius 2 is 2.26 bits per heavy atom. The number of pyridine rings is 1. The third-order valence-electron chi connectivity index (χ3n) is 3.98. The van der Waals surface area contributed by atoms with Gasteiger partial charge in [0.05, 0.1) is 17.9 Å². The number of nitrogens with one attached hydrogen (secondary N) is 1. The molecule has 0 unspecified atom stereocenters. The smallest absolute Gasteiger partial charge is 0.272 e. The second kappa shape index (κ2) is 8.00. The van der Waals surface area contributed by atoms with Crippen molar-refractivity contribution in [2.45, 2.75) is 26.5 Å². The molecule has 3 aromatic rings. The first-order valence-corrected chi connectivity index (χ1v) is 8.44. The molecule has 0 fully saturated rings. The van der Waals surface area contributed by atoms with Crippen molar-refractivity contribution >= 4 is 5.91 Å². The van der Waals surface area contributed by atoms with Gasteiger partial charge in [-0.15, -0.1) is 0 Å². The summed E-state index contributed by atoms with van der Waals surface area (Å²) in [4.78, 5) is 16.4. The van der Waals surface area contributed by atoms with E-state index in [1.807, 2.05) is 18.2 Å². The SMILES string of the molecule is Cc1onc(-c2ccccn2)c1COc1cc(C(=O)N[C@H](C)CO)nn1C. The minimum atomic E-state index is -0.377. The zero-order valence-corrected chi connectivity index (χ0v) is 15.3. The summed E-state index contributed by atoms with van der Waals surface area (Å²) >= 11 is 0. The van der Waals surface area contributed by atoms with Crippen LogP contribution in [0.5, 0.6) is 5.88 Å². The van der Waals surface area contributed by atoms with Gasteiger partial charge in [-0.05, 0) is 26.0 Å². The van der Waals surface area contributed by atoms with E-state index in [2.05, 4.69) is 20.6 Å². The maximum atomic E-state index is 12.1. The zero-order valence-electron chi connectivity index (χ0n) is 15.3. The number of carbonyl (C=O) groups is 1. The van der Waals surface area contributed by atoms with Gasteiger partial charge in [0.15, 0.2) is 5.69 Å². The topological polar surface area (TPSA) is 115 Å². The molecule has 0 radical (unpaired) electrons. The molecular weight excluding hydrogens is 350 g/mol. The van der Waals surface area contributed by atoms with E-state index >= 15 is 0 Å². The summed E-state index contributed by atoms with van der Waals surface area (Å²) in [7, 11) is 1.68. The first-order chi connectivity index (χ1) is 13.0. The maximum absolute atomic E-state index is 12.1. The Kier molecular flexibility index (Phi) is 5.51. The molecular formula is C18H21N5O4. The van der Waals surface area contributed by atoms with Crippen LogP contribution in [0.15, 0.2) is 35.0 Å². The van der Waals surface area contributed by atoms with Crippen LogP contribution in [0.4, 0.5) is 0 Å². The number of rotatable bonds is 7. The molecule has 142 valence electrons. The molecule has 0 aromatic carbocycles. The zero-order chi connectivity index (χ0) is 19.4. The Morgan fingerprint density at radius 1 is 1.44 bits per heavy atom. The molecule has 1 amide bonds. The van der Waals surface area contributed by atoms with Gasteiger partial charge in [-0.3, -0.25) is 9.78 Å². The summed E-state index contributed by atoms with van der Waals surface area (Å²) in [6, 6.07) is 6.73. The number of nitrogens with zero attached hydrogens (tertiary/aromatic N) is 4. The molecule has 3 aromatic heterocycles. The van der Waals surface area contributed by atoms with E-state index in [9.17, 15) is 4.79 Å². The molecule has 0 aliphatic heterocycles. The number of aromatic nitrogens is 4. The minimum Gasteiger partial charge on any atom is -0.473 e. The molecule has 9 nitrogen and oxygen atoms in total. The van der Waals surface area contributed by atoms with E-state index in [0.717, 1.165) is 5.56 Å². The fraction of sp³-hybridized carbons (Fsp3) is 0.333. The van der Waals surface area contributed by atoms with Crippen molar-refractivity contribution in [2.24, 2.45) is 7.05 Å². The van der Waals surface area contributed by atoms with Gasteiger partial charge in [0.25, 0.3) is 5.91 Å². The van der Waals surface area contributed by atoms with Crippen molar-refractivity contribution in [3.05, 3.63) is 47.5 Å². The summed E-state index contributed by atoms with van der Waals surface area (Å²) < 4.78 is 12.6. The van der Waals surface area contributed by atoms with Gasteiger partial charge < -0.3 is 19.7 Å². The van der Waals surface area contributed by atoms with Crippen LogP contribution in [0.2, 0.25) is 0 Å². The predicted molar refractivity (Wildman–Crippen MR) is 96.0 cm³/mol. The van der Waals surface area contributed by atoms with Gasteiger partial charge in [-0.1, -0.05) is 11.2 Å². The van der Waals surface area contributed by atoms with Gasteiger partial charge in [-0.25, -0.2) is 4.68 Å². The molecule has 27 heavy (non-hydrogen) atoms. The van der Waals surface area contributed by atoms with Crippen molar-refractivity contribution in [3.8, 4) is 17.3 Å². The van der Waals surface area contributed by atoms with Crippen LogP contribution in [-0.4, -0.2) is 43.6 Å². The molecule has 3 heterocycles. The van der Waals surface area contributed by atoms with Crippen molar-refractivity contribution < 1.29 is 19.2 Å². The van der Waals surface area contributed by atoms with Crippen LogP contribution in [-0.2, 0) is 13.7 Å². The third-order valence-corrected chi connectivity index (χ3v) is 3.98. The van der Waals surface area contributed by atoms with Gasteiger partial charge in [0, 0.05) is 25.4 Å². The van der Waals surface area contributed by atoms with Crippen LogP contribution < -0.4 is 10.1 Å². The first kappa shape index (κ1) is 18.6. The second-order valence-electron chi connectivity index (χ2n) is 6.12. The largest absolute Gasteiger partial charge is 0.473 e. The highest BCUT2D eigenvalue weighted by Gasteiger charge is 2.19. The number of aliphatic hydroxyl groups excluding tert-OH is 1. The van der Waals surface area contributed by atoms with Crippen LogP contribution in [0.25, 0.3) is 11.4 Å². The molecule has 0 aliphatic carbocycles. The monoisotopic (exact) mass is 371 g/mol. The average Bonchev–Trinajstić information content (AvgIpc) is 3.23. The summed E-state index contributed by atoms with van der Waals surface area (Å²) in [5.41, 5.74) is 2.29. The van der Waals surface area contributed by atoms with E-state index in [0.29, 0.717) is 23.0 Å². The number of carbonyl (C=O) groups excluding carboxylic acids is 1. The fourth-order valence-corrected chi connectivity index (χ4v) is 2.45. The summed E-state index contributed by atoms with van der Waals surface area (Å²) in [6.45, 7) is 3.54. The third kappa shape index (κ3) is 4.14.